The fraction of sp³-hybridized carbons (Fsp3) is 0.444. The minimum atomic E-state index is 0.0976. The topological polar surface area (TPSA) is 72.4 Å². The summed E-state index contributed by atoms with van der Waals surface area (Å²) in [5, 5.41) is 0. The second-order valence-corrected chi connectivity index (χ2v) is 6.29. The molecule has 1 aromatic heterocycles. The Morgan fingerprint density at radius 2 is 2.13 bits per heavy atom. The van der Waals surface area contributed by atoms with Crippen LogP contribution in [0.25, 0.3) is 11.5 Å². The van der Waals surface area contributed by atoms with Gasteiger partial charge in [0.15, 0.2) is 0 Å². The van der Waals surface area contributed by atoms with Gasteiger partial charge in [-0.05, 0) is 38.8 Å². The van der Waals surface area contributed by atoms with E-state index in [1.54, 1.807) is 0 Å². The highest BCUT2D eigenvalue weighted by Gasteiger charge is 2.28. The summed E-state index contributed by atoms with van der Waals surface area (Å²) < 4.78 is 5.73. The van der Waals surface area contributed by atoms with Gasteiger partial charge in [0.2, 0.25) is 11.8 Å². The van der Waals surface area contributed by atoms with Gasteiger partial charge in [-0.25, -0.2) is 4.98 Å². The van der Waals surface area contributed by atoms with Crippen molar-refractivity contribution >= 4 is 5.91 Å². The van der Waals surface area contributed by atoms with Gasteiger partial charge in [0.05, 0.1) is 12.1 Å². The van der Waals surface area contributed by atoms with Gasteiger partial charge in [0, 0.05) is 24.2 Å². The molecular formula is C18H23N3O2. The van der Waals surface area contributed by atoms with E-state index in [9.17, 15) is 4.79 Å². The van der Waals surface area contributed by atoms with E-state index in [2.05, 4.69) is 11.9 Å². The van der Waals surface area contributed by atoms with E-state index < -0.39 is 0 Å². The van der Waals surface area contributed by atoms with Crippen molar-refractivity contribution < 1.29 is 9.21 Å². The number of piperidine rings is 1. The zero-order chi connectivity index (χ0) is 16.4. The fourth-order valence-corrected chi connectivity index (χ4v) is 3.12. The molecule has 2 heterocycles. The Morgan fingerprint density at radius 1 is 1.39 bits per heavy atom. The maximum atomic E-state index is 12.6. The van der Waals surface area contributed by atoms with Crippen molar-refractivity contribution in [2.24, 2.45) is 5.73 Å². The van der Waals surface area contributed by atoms with Gasteiger partial charge < -0.3 is 15.1 Å². The van der Waals surface area contributed by atoms with Crippen molar-refractivity contribution in [1.82, 2.24) is 9.88 Å². The third kappa shape index (κ3) is 3.45. The number of nitrogens with two attached hydrogens (primary N) is 1. The molecule has 2 N–H and O–H groups in total. The molecule has 0 spiro atoms. The number of hydrogen-bond acceptors (Lipinski definition) is 4. The van der Waals surface area contributed by atoms with Crippen LogP contribution in [0.3, 0.4) is 0 Å². The highest BCUT2D eigenvalue weighted by Crippen LogP contribution is 2.23. The first-order valence-electron chi connectivity index (χ1n) is 8.11. The Bertz CT molecular complexity index is 681. The second kappa shape index (κ2) is 6.54. The smallest absolute Gasteiger partial charge is 0.228 e. The van der Waals surface area contributed by atoms with Gasteiger partial charge in [-0.15, -0.1) is 0 Å². The number of benzene rings is 1. The number of carbonyl (C=O) groups excluding carboxylic acids is 1. The van der Waals surface area contributed by atoms with Gasteiger partial charge >= 0.3 is 0 Å². The van der Waals surface area contributed by atoms with Crippen molar-refractivity contribution in [2.45, 2.75) is 45.2 Å². The summed E-state index contributed by atoms with van der Waals surface area (Å²) >= 11 is 0. The number of nitrogens with zero attached hydrogens (tertiary/aromatic N) is 2. The minimum absolute atomic E-state index is 0.0976. The predicted molar refractivity (Wildman–Crippen MR) is 88.8 cm³/mol. The third-order valence-electron chi connectivity index (χ3n) is 4.47. The zero-order valence-corrected chi connectivity index (χ0v) is 13.7. The first kappa shape index (κ1) is 15.7. The average Bonchev–Trinajstić information content (AvgIpc) is 2.89. The summed E-state index contributed by atoms with van der Waals surface area (Å²) in [6.45, 7) is 4.64. The first-order chi connectivity index (χ1) is 11.0. The number of aryl methyl sites for hydroxylation is 1. The molecule has 5 heteroatoms. The number of oxazole rings is 1. The molecule has 2 aromatic rings. The van der Waals surface area contributed by atoms with Crippen LogP contribution >= 0.6 is 0 Å². The Balaban J connectivity index is 1.73. The lowest BCUT2D eigenvalue weighted by Gasteiger charge is -2.36. The molecule has 1 aliphatic heterocycles. The summed E-state index contributed by atoms with van der Waals surface area (Å²) in [5.74, 6) is 1.37. The summed E-state index contributed by atoms with van der Waals surface area (Å²) in [6.07, 6.45) is 2.00. The van der Waals surface area contributed by atoms with Crippen molar-refractivity contribution in [3.05, 3.63) is 41.8 Å². The molecule has 0 radical (unpaired) electrons. The van der Waals surface area contributed by atoms with Crippen LogP contribution in [0, 0.1) is 6.92 Å². The summed E-state index contributed by atoms with van der Waals surface area (Å²) in [7, 11) is 0. The quantitative estimate of drug-likeness (QED) is 0.945. The molecule has 122 valence electrons. The monoisotopic (exact) mass is 313 g/mol. The average molecular weight is 313 g/mol. The summed E-state index contributed by atoms with van der Waals surface area (Å²) in [5.41, 5.74) is 7.61. The lowest BCUT2D eigenvalue weighted by atomic mass is 9.98. The van der Waals surface area contributed by atoms with Crippen molar-refractivity contribution in [2.75, 3.05) is 6.54 Å². The Hall–Kier alpha value is -2.14. The predicted octanol–water partition coefficient (Wildman–Crippen LogP) is 2.53. The molecule has 0 bridgehead atoms. The summed E-state index contributed by atoms with van der Waals surface area (Å²) in [6, 6.07) is 10.1. The molecule has 0 saturated carbocycles. The maximum Gasteiger partial charge on any atom is 0.228 e. The van der Waals surface area contributed by atoms with E-state index in [1.165, 1.54) is 0 Å². The minimum Gasteiger partial charge on any atom is -0.441 e. The highest BCUT2D eigenvalue weighted by atomic mass is 16.4. The molecule has 3 rings (SSSR count). The molecule has 1 amide bonds. The summed E-state index contributed by atoms with van der Waals surface area (Å²) in [4.78, 5) is 19.0. The van der Waals surface area contributed by atoms with Crippen LogP contribution in [0.5, 0.6) is 0 Å². The third-order valence-corrected chi connectivity index (χ3v) is 4.47. The number of rotatable bonds is 3. The lowest BCUT2D eigenvalue weighted by molar-refractivity contribution is -0.133. The van der Waals surface area contributed by atoms with E-state index in [0.29, 0.717) is 11.7 Å². The molecule has 5 nitrogen and oxygen atoms in total. The van der Waals surface area contributed by atoms with E-state index in [4.69, 9.17) is 10.2 Å². The van der Waals surface area contributed by atoms with E-state index in [1.807, 2.05) is 42.2 Å². The van der Waals surface area contributed by atoms with Gasteiger partial charge in [-0.3, -0.25) is 4.79 Å². The van der Waals surface area contributed by atoms with E-state index in [0.717, 1.165) is 30.6 Å². The van der Waals surface area contributed by atoms with Crippen molar-refractivity contribution in [3.8, 4) is 11.5 Å². The number of amides is 1. The van der Waals surface area contributed by atoms with Gasteiger partial charge in [-0.2, -0.15) is 0 Å². The molecule has 0 aliphatic carbocycles. The Morgan fingerprint density at radius 3 is 2.83 bits per heavy atom. The number of hydrogen-bond donors (Lipinski definition) is 1. The standard InChI is InChI=1S/C18H23N3O2/c1-12-10-15(19)8-9-21(12)17(22)11-16-13(2)23-18(20-16)14-6-4-3-5-7-14/h3-7,12,15H,8-11,19H2,1-2H3/t12-,15+/m0/s1. The Labute approximate surface area is 136 Å². The fourth-order valence-electron chi connectivity index (χ4n) is 3.12. The molecule has 1 aliphatic rings. The van der Waals surface area contributed by atoms with Crippen molar-refractivity contribution in [3.63, 3.8) is 0 Å². The largest absolute Gasteiger partial charge is 0.441 e. The normalized spacial score (nSPS) is 21.4. The van der Waals surface area contributed by atoms with Gasteiger partial charge in [0.25, 0.3) is 0 Å². The van der Waals surface area contributed by atoms with Crippen molar-refractivity contribution in [1.29, 1.82) is 0 Å². The SMILES string of the molecule is Cc1oc(-c2ccccc2)nc1CC(=O)N1CC[C@@H](N)C[C@@H]1C. The van der Waals surface area contributed by atoms with Crippen LogP contribution in [-0.2, 0) is 11.2 Å². The van der Waals surface area contributed by atoms with Gasteiger partial charge in [-0.1, -0.05) is 18.2 Å². The molecular weight excluding hydrogens is 290 g/mol. The zero-order valence-electron chi connectivity index (χ0n) is 13.7. The van der Waals surface area contributed by atoms with E-state index >= 15 is 0 Å². The molecule has 1 aromatic carbocycles. The van der Waals surface area contributed by atoms with Crippen LogP contribution < -0.4 is 5.73 Å². The van der Waals surface area contributed by atoms with Gasteiger partial charge in [0.1, 0.15) is 5.76 Å². The lowest BCUT2D eigenvalue weighted by Crippen LogP contribution is -2.48. The number of aromatic nitrogens is 1. The number of carbonyl (C=O) groups is 1. The van der Waals surface area contributed by atoms with Crippen LogP contribution in [0.4, 0.5) is 0 Å². The molecule has 1 saturated heterocycles. The highest BCUT2D eigenvalue weighted by molar-refractivity contribution is 5.79. The van der Waals surface area contributed by atoms with Crippen LogP contribution in [-0.4, -0.2) is 34.4 Å². The molecule has 1 fully saturated rings. The van der Waals surface area contributed by atoms with Crippen LogP contribution in [0.15, 0.2) is 34.7 Å². The molecule has 23 heavy (non-hydrogen) atoms. The first-order valence-corrected chi connectivity index (χ1v) is 8.11. The molecule has 2 atom stereocenters. The van der Waals surface area contributed by atoms with Crippen LogP contribution in [0.2, 0.25) is 0 Å². The van der Waals surface area contributed by atoms with E-state index in [-0.39, 0.29) is 24.4 Å². The van der Waals surface area contributed by atoms with Crippen LogP contribution in [0.1, 0.15) is 31.2 Å². The number of likely N-dealkylation sites (tertiary alicyclic amines) is 1. The Kier molecular flexibility index (Phi) is 4.48. The second-order valence-electron chi connectivity index (χ2n) is 6.29. The molecule has 0 unspecified atom stereocenters. The maximum absolute atomic E-state index is 12.6.